The Balaban J connectivity index is 2.10. The minimum absolute atomic E-state index is 0.0312. The van der Waals surface area contributed by atoms with Crippen molar-refractivity contribution in [3.63, 3.8) is 0 Å². The number of rotatable bonds is 6. The fraction of sp³-hybridized carbons (Fsp3) is 0.238. The zero-order chi connectivity index (χ0) is 20.3. The summed E-state index contributed by atoms with van der Waals surface area (Å²) in [5.41, 5.74) is 0.872. The summed E-state index contributed by atoms with van der Waals surface area (Å²) in [5, 5.41) is 11.3. The first-order chi connectivity index (χ1) is 13.4. The van der Waals surface area contributed by atoms with Gasteiger partial charge in [0.15, 0.2) is 0 Å². The van der Waals surface area contributed by atoms with E-state index in [0.717, 1.165) is 0 Å². The number of carbonyl (C=O) groups is 2. The van der Waals surface area contributed by atoms with Crippen LogP contribution in [0.1, 0.15) is 23.6 Å². The van der Waals surface area contributed by atoms with E-state index in [2.05, 4.69) is 0 Å². The molecular formula is C21H19ClFNO4. The Kier molecular flexibility index (Phi) is 6.11. The number of benzene rings is 2. The number of ketones is 1. The number of aliphatic hydroxyl groups excluding tert-OH is 1. The number of likely N-dealkylation sites (tertiary alicyclic amines) is 1. The van der Waals surface area contributed by atoms with Crippen molar-refractivity contribution >= 4 is 29.1 Å². The topological polar surface area (TPSA) is 66.8 Å². The maximum atomic E-state index is 13.4. The summed E-state index contributed by atoms with van der Waals surface area (Å²) in [4.78, 5) is 26.8. The standard InChI is InChI=1S/C21H19ClFNO4/c1-28-12-2-11-24-18(13-5-9-16(23)10-6-13)17(20(26)21(24)27)19(25)14-3-7-15(22)8-4-14/h3-10,18,25H,2,11-12H2,1H3/t18-/m0/s1. The lowest BCUT2D eigenvalue weighted by molar-refractivity contribution is -0.140. The van der Waals surface area contributed by atoms with Crippen LogP contribution in [0.15, 0.2) is 54.1 Å². The lowest BCUT2D eigenvalue weighted by atomic mass is 9.95. The largest absolute Gasteiger partial charge is 0.507 e. The number of halogens is 2. The summed E-state index contributed by atoms with van der Waals surface area (Å²) in [5.74, 6) is -2.21. The second-order valence-corrected chi connectivity index (χ2v) is 6.83. The number of carbonyl (C=O) groups excluding carboxylic acids is 2. The first-order valence-electron chi connectivity index (χ1n) is 8.72. The van der Waals surface area contributed by atoms with Crippen molar-refractivity contribution in [3.05, 3.63) is 76.1 Å². The molecule has 0 unspecified atom stereocenters. The molecule has 0 spiro atoms. The van der Waals surface area contributed by atoms with Crippen LogP contribution in [-0.4, -0.2) is 42.0 Å². The Bertz CT molecular complexity index is 909. The lowest BCUT2D eigenvalue weighted by Gasteiger charge is -2.25. The highest BCUT2D eigenvalue weighted by molar-refractivity contribution is 6.46. The van der Waals surface area contributed by atoms with Gasteiger partial charge in [-0.1, -0.05) is 23.7 Å². The number of nitrogens with zero attached hydrogens (tertiary/aromatic N) is 1. The number of Topliss-reactive ketones (excluding diaryl/α,β-unsaturated/α-hetero) is 1. The van der Waals surface area contributed by atoms with Crippen LogP contribution < -0.4 is 0 Å². The minimum Gasteiger partial charge on any atom is -0.507 e. The summed E-state index contributed by atoms with van der Waals surface area (Å²) in [6.45, 7) is 0.675. The molecule has 146 valence electrons. The van der Waals surface area contributed by atoms with Crippen molar-refractivity contribution in [2.45, 2.75) is 12.5 Å². The Morgan fingerprint density at radius 3 is 2.39 bits per heavy atom. The maximum absolute atomic E-state index is 13.4. The van der Waals surface area contributed by atoms with Crippen LogP contribution in [0, 0.1) is 5.82 Å². The SMILES string of the molecule is COCCCN1C(=O)C(=O)C(=C(O)c2ccc(Cl)cc2)[C@@H]1c1ccc(F)cc1. The summed E-state index contributed by atoms with van der Waals surface area (Å²) in [6.07, 6.45) is 0.516. The van der Waals surface area contributed by atoms with Crippen LogP contribution in [0.25, 0.3) is 5.76 Å². The van der Waals surface area contributed by atoms with Gasteiger partial charge in [-0.2, -0.15) is 0 Å². The van der Waals surface area contributed by atoms with Crippen LogP contribution >= 0.6 is 11.6 Å². The molecule has 1 aliphatic heterocycles. The second-order valence-electron chi connectivity index (χ2n) is 6.40. The van der Waals surface area contributed by atoms with Crippen LogP contribution in [0.3, 0.4) is 0 Å². The molecule has 28 heavy (non-hydrogen) atoms. The summed E-state index contributed by atoms with van der Waals surface area (Å²) >= 11 is 5.89. The van der Waals surface area contributed by atoms with Gasteiger partial charge in [-0.25, -0.2) is 4.39 Å². The molecule has 1 saturated heterocycles. The second kappa shape index (κ2) is 8.54. The van der Waals surface area contributed by atoms with Crippen LogP contribution in [0.4, 0.5) is 4.39 Å². The average Bonchev–Trinajstić information content (AvgIpc) is 2.94. The van der Waals surface area contributed by atoms with Crippen molar-refractivity contribution in [3.8, 4) is 0 Å². The number of hydrogen-bond acceptors (Lipinski definition) is 4. The number of amides is 1. The normalized spacial score (nSPS) is 18.7. The highest BCUT2D eigenvalue weighted by Crippen LogP contribution is 2.39. The van der Waals surface area contributed by atoms with Crippen LogP contribution in [0.5, 0.6) is 0 Å². The third-order valence-corrected chi connectivity index (χ3v) is 4.84. The van der Waals surface area contributed by atoms with Crippen molar-refractivity contribution in [2.24, 2.45) is 0 Å². The van der Waals surface area contributed by atoms with Gasteiger partial charge in [-0.05, 0) is 48.4 Å². The van der Waals surface area contributed by atoms with E-state index in [1.807, 2.05) is 0 Å². The van der Waals surface area contributed by atoms with Gasteiger partial charge < -0.3 is 14.7 Å². The molecule has 0 bridgehead atoms. The Morgan fingerprint density at radius 1 is 1.14 bits per heavy atom. The van der Waals surface area contributed by atoms with Crippen LogP contribution in [0.2, 0.25) is 5.02 Å². The molecule has 1 heterocycles. The zero-order valence-electron chi connectivity index (χ0n) is 15.2. The molecule has 2 aromatic rings. The molecule has 3 rings (SSSR count). The van der Waals surface area contributed by atoms with E-state index in [9.17, 15) is 19.1 Å². The minimum atomic E-state index is -0.812. The predicted molar refractivity (Wildman–Crippen MR) is 103 cm³/mol. The molecule has 0 saturated carbocycles. The van der Waals surface area contributed by atoms with E-state index in [0.29, 0.717) is 29.2 Å². The van der Waals surface area contributed by atoms with E-state index in [1.165, 1.54) is 29.2 Å². The van der Waals surface area contributed by atoms with Gasteiger partial charge in [0.1, 0.15) is 11.6 Å². The fourth-order valence-corrected chi connectivity index (χ4v) is 3.37. The molecule has 1 amide bonds. The zero-order valence-corrected chi connectivity index (χ0v) is 15.9. The molecular weight excluding hydrogens is 385 g/mol. The van der Waals surface area contributed by atoms with Crippen molar-refractivity contribution in [2.75, 3.05) is 20.3 Å². The van der Waals surface area contributed by atoms with Gasteiger partial charge in [0.25, 0.3) is 11.7 Å². The van der Waals surface area contributed by atoms with Crippen LogP contribution in [-0.2, 0) is 14.3 Å². The van der Waals surface area contributed by atoms with Gasteiger partial charge in [0, 0.05) is 30.8 Å². The molecule has 1 aliphatic rings. The van der Waals surface area contributed by atoms with E-state index in [-0.39, 0.29) is 17.9 Å². The highest BCUT2D eigenvalue weighted by Gasteiger charge is 2.45. The number of methoxy groups -OCH3 is 1. The number of ether oxygens (including phenoxy) is 1. The van der Waals surface area contributed by atoms with Gasteiger partial charge in [-0.15, -0.1) is 0 Å². The van der Waals surface area contributed by atoms with Gasteiger partial charge in [-0.3, -0.25) is 9.59 Å². The molecule has 1 atom stereocenters. The van der Waals surface area contributed by atoms with Crippen molar-refractivity contribution in [1.29, 1.82) is 0 Å². The van der Waals surface area contributed by atoms with Gasteiger partial charge in [0.2, 0.25) is 0 Å². The first-order valence-corrected chi connectivity index (χ1v) is 9.10. The molecule has 1 fully saturated rings. The third-order valence-electron chi connectivity index (χ3n) is 4.59. The Hall–Kier alpha value is -2.70. The lowest BCUT2D eigenvalue weighted by Crippen LogP contribution is -2.31. The summed E-state index contributed by atoms with van der Waals surface area (Å²) < 4.78 is 18.4. The molecule has 5 nitrogen and oxygen atoms in total. The quantitative estimate of drug-likeness (QED) is 0.343. The maximum Gasteiger partial charge on any atom is 0.295 e. The van der Waals surface area contributed by atoms with Crippen molar-refractivity contribution in [1.82, 2.24) is 4.90 Å². The predicted octanol–water partition coefficient (Wildman–Crippen LogP) is 3.94. The molecule has 2 aromatic carbocycles. The summed E-state index contributed by atoms with van der Waals surface area (Å²) in [7, 11) is 1.55. The average molecular weight is 404 g/mol. The summed E-state index contributed by atoms with van der Waals surface area (Å²) in [6, 6.07) is 11.0. The smallest absolute Gasteiger partial charge is 0.295 e. The molecule has 0 radical (unpaired) electrons. The van der Waals surface area contributed by atoms with Gasteiger partial charge in [0.05, 0.1) is 11.6 Å². The fourth-order valence-electron chi connectivity index (χ4n) is 3.24. The van der Waals surface area contributed by atoms with Crippen molar-refractivity contribution < 1.29 is 23.8 Å². The van der Waals surface area contributed by atoms with E-state index in [4.69, 9.17) is 16.3 Å². The van der Waals surface area contributed by atoms with Gasteiger partial charge >= 0.3 is 0 Å². The molecule has 0 aliphatic carbocycles. The van der Waals surface area contributed by atoms with E-state index in [1.54, 1.807) is 31.4 Å². The third kappa shape index (κ3) is 3.93. The van der Waals surface area contributed by atoms with E-state index >= 15 is 0 Å². The molecule has 7 heteroatoms. The van der Waals surface area contributed by atoms with E-state index < -0.39 is 23.5 Å². The Morgan fingerprint density at radius 2 is 1.79 bits per heavy atom. The molecule has 0 aromatic heterocycles. The highest BCUT2D eigenvalue weighted by atomic mass is 35.5. The first kappa shape index (κ1) is 20.0. The number of aliphatic hydroxyl groups is 1. The molecule has 1 N–H and O–H groups in total. The Labute approximate surface area is 167 Å². The monoisotopic (exact) mass is 403 g/mol. The number of hydrogen-bond donors (Lipinski definition) is 1.